The van der Waals surface area contributed by atoms with Crippen molar-refractivity contribution < 1.29 is 19.1 Å². The summed E-state index contributed by atoms with van der Waals surface area (Å²) in [4.78, 5) is 37.8. The van der Waals surface area contributed by atoms with Gasteiger partial charge in [-0.2, -0.15) is 5.10 Å². The van der Waals surface area contributed by atoms with Crippen molar-refractivity contribution in [2.75, 3.05) is 39.1 Å². The van der Waals surface area contributed by atoms with E-state index in [1.54, 1.807) is 25.3 Å². The van der Waals surface area contributed by atoms with Crippen molar-refractivity contribution in [3.05, 3.63) is 47.8 Å². The van der Waals surface area contributed by atoms with E-state index < -0.39 is 5.97 Å². The quantitative estimate of drug-likeness (QED) is 0.622. The fourth-order valence-electron chi connectivity index (χ4n) is 2.31. The molecular weight excluding hydrogens is 362 g/mol. The summed E-state index contributed by atoms with van der Waals surface area (Å²) in [7, 11) is 3.86. The van der Waals surface area contributed by atoms with E-state index in [0.29, 0.717) is 30.0 Å². The normalized spacial score (nSPS) is 10.6. The number of nitrogens with zero attached hydrogens (tertiary/aromatic N) is 3. The van der Waals surface area contributed by atoms with Gasteiger partial charge in [-0.1, -0.05) is 0 Å². The summed E-state index contributed by atoms with van der Waals surface area (Å²) >= 11 is 0. The van der Waals surface area contributed by atoms with Gasteiger partial charge in [0.25, 0.3) is 5.91 Å². The van der Waals surface area contributed by atoms with Gasteiger partial charge in [0.2, 0.25) is 5.91 Å². The molecule has 1 heterocycles. The average molecular weight is 387 g/mol. The third-order valence-electron chi connectivity index (χ3n) is 3.74. The summed E-state index contributed by atoms with van der Waals surface area (Å²) in [5.41, 5.74) is 1.24. The maximum Gasteiger partial charge on any atom is 0.338 e. The lowest BCUT2D eigenvalue weighted by atomic mass is 10.1. The number of ether oxygens (including phenoxy) is 1. The van der Waals surface area contributed by atoms with Gasteiger partial charge in [0, 0.05) is 24.8 Å². The summed E-state index contributed by atoms with van der Waals surface area (Å²) in [6.07, 6.45) is 3.05. The zero-order valence-electron chi connectivity index (χ0n) is 16.3. The number of hydrogen-bond donors (Lipinski definition) is 2. The van der Waals surface area contributed by atoms with Crippen LogP contribution in [-0.4, -0.2) is 66.3 Å². The van der Waals surface area contributed by atoms with Crippen molar-refractivity contribution in [2.24, 2.45) is 0 Å². The van der Waals surface area contributed by atoms with Crippen LogP contribution < -0.4 is 10.6 Å². The first-order chi connectivity index (χ1) is 13.4. The van der Waals surface area contributed by atoms with E-state index in [-0.39, 0.29) is 18.4 Å². The first kappa shape index (κ1) is 21.1. The number of amides is 2. The largest absolute Gasteiger partial charge is 0.462 e. The molecule has 1 aromatic heterocycles. The Balaban J connectivity index is 1.87. The number of likely N-dealkylation sites (N-methyl/N-ethyl adjacent to an activating group) is 1. The molecule has 0 aliphatic rings. The maximum atomic E-state index is 12.3. The number of hydrogen-bond acceptors (Lipinski definition) is 6. The van der Waals surface area contributed by atoms with E-state index in [4.69, 9.17) is 4.74 Å². The summed E-state index contributed by atoms with van der Waals surface area (Å²) in [5.74, 6) is -0.928. The molecule has 0 aliphatic carbocycles. The van der Waals surface area contributed by atoms with Gasteiger partial charge in [-0.25, -0.2) is 4.79 Å². The number of esters is 1. The van der Waals surface area contributed by atoms with Gasteiger partial charge in [0.15, 0.2) is 0 Å². The SMILES string of the molecule is CCOC(=O)c1ccc(C(=O)Nc2cnn(CC(=O)NCCN(C)C)c2)cc1. The van der Waals surface area contributed by atoms with Gasteiger partial charge in [-0.05, 0) is 45.3 Å². The Labute approximate surface area is 163 Å². The van der Waals surface area contributed by atoms with Crippen molar-refractivity contribution in [1.29, 1.82) is 0 Å². The lowest BCUT2D eigenvalue weighted by molar-refractivity contribution is -0.121. The van der Waals surface area contributed by atoms with Crippen LogP contribution >= 0.6 is 0 Å². The van der Waals surface area contributed by atoms with Crippen LogP contribution in [-0.2, 0) is 16.1 Å². The van der Waals surface area contributed by atoms with Gasteiger partial charge in [-0.3, -0.25) is 14.3 Å². The average Bonchev–Trinajstić information content (AvgIpc) is 3.08. The summed E-state index contributed by atoms with van der Waals surface area (Å²) in [6, 6.07) is 6.16. The molecule has 0 spiro atoms. The molecule has 150 valence electrons. The standard InChI is InChI=1S/C19H25N5O4/c1-4-28-19(27)15-7-5-14(6-8-15)18(26)22-16-11-21-24(12-16)13-17(25)20-9-10-23(2)3/h5-8,11-12H,4,9-10,13H2,1-3H3,(H,20,25)(H,22,26). The molecule has 0 bridgehead atoms. The molecule has 0 radical (unpaired) electrons. The number of anilines is 1. The van der Waals surface area contributed by atoms with Crippen LogP contribution in [0.1, 0.15) is 27.6 Å². The van der Waals surface area contributed by atoms with Gasteiger partial charge >= 0.3 is 5.97 Å². The third kappa shape index (κ3) is 6.51. The molecule has 0 fully saturated rings. The van der Waals surface area contributed by atoms with Crippen LogP contribution in [0.3, 0.4) is 0 Å². The van der Waals surface area contributed by atoms with E-state index in [1.807, 2.05) is 19.0 Å². The highest BCUT2D eigenvalue weighted by Crippen LogP contribution is 2.10. The minimum Gasteiger partial charge on any atom is -0.462 e. The monoisotopic (exact) mass is 387 g/mol. The van der Waals surface area contributed by atoms with Crippen molar-refractivity contribution >= 4 is 23.5 Å². The number of benzene rings is 1. The molecule has 0 aliphatic heterocycles. The smallest absolute Gasteiger partial charge is 0.338 e. The van der Waals surface area contributed by atoms with Crippen LogP contribution in [0.2, 0.25) is 0 Å². The van der Waals surface area contributed by atoms with Crippen LogP contribution in [0.5, 0.6) is 0 Å². The van der Waals surface area contributed by atoms with E-state index in [2.05, 4.69) is 15.7 Å². The van der Waals surface area contributed by atoms with Crippen molar-refractivity contribution in [3.63, 3.8) is 0 Å². The first-order valence-corrected chi connectivity index (χ1v) is 8.91. The Morgan fingerprint density at radius 3 is 2.46 bits per heavy atom. The zero-order valence-corrected chi connectivity index (χ0v) is 16.3. The van der Waals surface area contributed by atoms with Gasteiger partial charge < -0.3 is 20.3 Å². The van der Waals surface area contributed by atoms with Gasteiger partial charge in [-0.15, -0.1) is 0 Å². The molecule has 0 saturated carbocycles. The second-order valence-electron chi connectivity index (χ2n) is 6.33. The second-order valence-corrected chi connectivity index (χ2v) is 6.33. The van der Waals surface area contributed by atoms with E-state index >= 15 is 0 Å². The van der Waals surface area contributed by atoms with Gasteiger partial charge in [0.05, 0.1) is 24.1 Å². The Morgan fingerprint density at radius 2 is 1.82 bits per heavy atom. The summed E-state index contributed by atoms with van der Waals surface area (Å²) in [6.45, 7) is 3.39. The number of nitrogens with one attached hydrogen (secondary N) is 2. The van der Waals surface area contributed by atoms with Crippen LogP contribution in [0, 0.1) is 0 Å². The minimum absolute atomic E-state index is 0.0670. The van der Waals surface area contributed by atoms with Gasteiger partial charge in [0.1, 0.15) is 6.54 Å². The fraction of sp³-hybridized carbons (Fsp3) is 0.368. The molecule has 0 atom stereocenters. The van der Waals surface area contributed by atoms with Crippen LogP contribution in [0.4, 0.5) is 5.69 Å². The highest BCUT2D eigenvalue weighted by Gasteiger charge is 2.11. The summed E-state index contributed by atoms with van der Waals surface area (Å²) in [5, 5.41) is 9.58. The van der Waals surface area contributed by atoms with E-state index in [0.717, 1.165) is 6.54 Å². The molecule has 0 unspecified atom stereocenters. The maximum absolute atomic E-state index is 12.3. The van der Waals surface area contributed by atoms with Crippen LogP contribution in [0.25, 0.3) is 0 Å². The predicted octanol–water partition coefficient (Wildman–Crippen LogP) is 0.990. The Morgan fingerprint density at radius 1 is 1.14 bits per heavy atom. The topological polar surface area (TPSA) is 106 Å². The molecule has 2 N–H and O–H groups in total. The van der Waals surface area contributed by atoms with Crippen LogP contribution in [0.15, 0.2) is 36.7 Å². The first-order valence-electron chi connectivity index (χ1n) is 8.91. The molecule has 2 amide bonds. The Hall–Kier alpha value is -3.20. The second kappa shape index (κ2) is 10.2. The molecular formula is C19H25N5O4. The molecule has 28 heavy (non-hydrogen) atoms. The number of aromatic nitrogens is 2. The van der Waals surface area contributed by atoms with Crippen molar-refractivity contribution in [3.8, 4) is 0 Å². The highest BCUT2D eigenvalue weighted by molar-refractivity contribution is 6.04. The zero-order chi connectivity index (χ0) is 20.5. The lowest BCUT2D eigenvalue weighted by Gasteiger charge is -2.10. The third-order valence-corrected chi connectivity index (χ3v) is 3.74. The number of rotatable bonds is 9. The fourth-order valence-corrected chi connectivity index (χ4v) is 2.31. The molecule has 2 aromatic rings. The van der Waals surface area contributed by atoms with E-state index in [1.165, 1.54) is 23.0 Å². The molecule has 1 aromatic carbocycles. The van der Waals surface area contributed by atoms with E-state index in [9.17, 15) is 14.4 Å². The molecule has 9 heteroatoms. The minimum atomic E-state index is -0.431. The number of carbonyl (C=O) groups is 3. The lowest BCUT2D eigenvalue weighted by Crippen LogP contribution is -2.33. The predicted molar refractivity (Wildman–Crippen MR) is 104 cm³/mol. The molecule has 9 nitrogen and oxygen atoms in total. The van der Waals surface area contributed by atoms with Crippen molar-refractivity contribution in [2.45, 2.75) is 13.5 Å². The molecule has 2 rings (SSSR count). The van der Waals surface area contributed by atoms with Crippen molar-refractivity contribution in [1.82, 2.24) is 20.0 Å². The Kier molecular flexibility index (Phi) is 7.70. The number of carbonyl (C=O) groups excluding carboxylic acids is 3. The summed E-state index contributed by atoms with van der Waals surface area (Å²) < 4.78 is 6.36. The highest BCUT2D eigenvalue weighted by atomic mass is 16.5. The molecule has 0 saturated heterocycles. The Bertz CT molecular complexity index is 814.